The highest BCUT2D eigenvalue weighted by Crippen LogP contribution is 2.37. The minimum Gasteiger partial charge on any atom is -0.480 e. The lowest BCUT2D eigenvalue weighted by atomic mass is 9.82. The van der Waals surface area contributed by atoms with Gasteiger partial charge >= 0.3 is 5.97 Å². The fourth-order valence-electron chi connectivity index (χ4n) is 4.70. The molecule has 0 radical (unpaired) electrons. The molecule has 1 N–H and O–H groups in total. The molecule has 5 nitrogen and oxygen atoms in total. The summed E-state index contributed by atoms with van der Waals surface area (Å²) in [4.78, 5) is 10.6. The van der Waals surface area contributed by atoms with Crippen LogP contribution >= 0.6 is 0 Å². The molecule has 0 amide bonds. The van der Waals surface area contributed by atoms with Crippen molar-refractivity contribution in [2.24, 2.45) is 11.8 Å². The minimum atomic E-state index is -0.918. The van der Waals surface area contributed by atoms with Crippen LogP contribution in [0, 0.1) is 24.6 Å². The second kappa shape index (κ2) is 10.1. The first-order valence-corrected chi connectivity index (χ1v) is 11.2. The molecule has 0 bridgehead atoms. The van der Waals surface area contributed by atoms with Crippen molar-refractivity contribution < 1.29 is 19.0 Å². The van der Waals surface area contributed by atoms with E-state index in [9.17, 15) is 9.18 Å². The van der Waals surface area contributed by atoms with Gasteiger partial charge in [0, 0.05) is 17.7 Å². The van der Waals surface area contributed by atoms with Crippen molar-refractivity contribution in [2.75, 3.05) is 13.2 Å². The Morgan fingerprint density at radius 1 is 1.03 bits per heavy atom. The van der Waals surface area contributed by atoms with Crippen molar-refractivity contribution in [1.29, 1.82) is 0 Å². The molecule has 1 aromatic heterocycles. The van der Waals surface area contributed by atoms with Crippen LogP contribution in [-0.4, -0.2) is 34.1 Å². The monoisotopic (exact) mass is 436 g/mol. The van der Waals surface area contributed by atoms with Gasteiger partial charge in [-0.2, -0.15) is 5.10 Å². The number of aliphatic carboxylic acids is 1. The maximum Gasteiger partial charge on any atom is 0.329 e. The zero-order chi connectivity index (χ0) is 22.5. The lowest BCUT2D eigenvalue weighted by molar-refractivity contribution is -0.142. The number of rotatable bonds is 8. The highest BCUT2D eigenvalue weighted by atomic mass is 19.1. The Kier molecular flexibility index (Phi) is 7.00. The Labute approximate surface area is 187 Å². The molecule has 1 fully saturated rings. The number of aromatic nitrogens is 2. The molecule has 1 saturated carbocycles. The zero-order valence-electron chi connectivity index (χ0n) is 18.3. The molecular weight excluding hydrogens is 407 g/mol. The van der Waals surface area contributed by atoms with Gasteiger partial charge in [0.2, 0.25) is 0 Å². The van der Waals surface area contributed by atoms with Crippen LogP contribution in [0.1, 0.15) is 31.4 Å². The van der Waals surface area contributed by atoms with Gasteiger partial charge in [-0.05, 0) is 62.1 Å². The molecule has 2 aromatic carbocycles. The summed E-state index contributed by atoms with van der Waals surface area (Å²) in [6.45, 7) is 3.14. The Morgan fingerprint density at radius 2 is 1.69 bits per heavy atom. The highest BCUT2D eigenvalue weighted by molar-refractivity contribution is 5.83. The Bertz CT molecular complexity index is 1040. The van der Waals surface area contributed by atoms with E-state index in [4.69, 9.17) is 14.9 Å². The molecule has 0 saturated heterocycles. The third-order valence-corrected chi connectivity index (χ3v) is 6.28. The maximum absolute atomic E-state index is 13.5. The first-order chi connectivity index (χ1) is 15.5. The molecule has 4 rings (SSSR count). The van der Waals surface area contributed by atoms with E-state index in [0.717, 1.165) is 60.3 Å². The van der Waals surface area contributed by atoms with E-state index >= 15 is 0 Å². The normalized spacial score (nSPS) is 18.6. The van der Waals surface area contributed by atoms with Crippen LogP contribution in [0.25, 0.3) is 22.4 Å². The summed E-state index contributed by atoms with van der Waals surface area (Å²) in [5, 5.41) is 13.6. The first-order valence-electron chi connectivity index (χ1n) is 11.2. The predicted molar refractivity (Wildman–Crippen MR) is 122 cm³/mol. The number of aryl methyl sites for hydroxylation is 1. The number of hydrogen-bond donors (Lipinski definition) is 1. The summed E-state index contributed by atoms with van der Waals surface area (Å²) in [6.07, 6.45) is 4.21. The fraction of sp³-hybridized carbons (Fsp3) is 0.385. The van der Waals surface area contributed by atoms with Crippen molar-refractivity contribution >= 4 is 5.97 Å². The number of benzene rings is 2. The van der Waals surface area contributed by atoms with E-state index in [2.05, 4.69) is 16.8 Å². The third kappa shape index (κ3) is 5.25. The van der Waals surface area contributed by atoms with E-state index in [0.29, 0.717) is 18.4 Å². The summed E-state index contributed by atoms with van der Waals surface area (Å²) in [6, 6.07) is 16.9. The highest BCUT2D eigenvalue weighted by Gasteiger charge is 2.25. The number of hydrogen-bond acceptors (Lipinski definition) is 3. The molecule has 0 unspecified atom stereocenters. The van der Waals surface area contributed by atoms with E-state index in [1.165, 1.54) is 12.1 Å². The van der Waals surface area contributed by atoms with Gasteiger partial charge in [0.25, 0.3) is 0 Å². The quantitative estimate of drug-likeness (QED) is 0.501. The first kappa shape index (κ1) is 22.2. The van der Waals surface area contributed by atoms with Crippen LogP contribution in [-0.2, 0) is 16.1 Å². The summed E-state index contributed by atoms with van der Waals surface area (Å²) < 4.78 is 20.9. The average molecular weight is 437 g/mol. The third-order valence-electron chi connectivity index (χ3n) is 6.28. The van der Waals surface area contributed by atoms with Gasteiger partial charge in [-0.25, -0.2) is 9.18 Å². The number of nitrogens with zero attached hydrogens (tertiary/aromatic N) is 2. The predicted octanol–water partition coefficient (Wildman–Crippen LogP) is 5.57. The lowest BCUT2D eigenvalue weighted by Gasteiger charge is -2.28. The van der Waals surface area contributed by atoms with Gasteiger partial charge in [-0.1, -0.05) is 42.5 Å². The maximum atomic E-state index is 13.5. The standard InChI is InChI=1S/C26H29FN2O3/c1-18-25(21-11-13-23(27)14-12-21)26(22-5-3-2-4-6-22)29(28-18)15-19-7-9-20(10-8-19)16-32-17-24(30)31/h2-6,11-14,19-20H,7-10,15-17H2,1H3,(H,30,31). The molecule has 3 aromatic rings. The molecule has 0 spiro atoms. The summed E-state index contributed by atoms with van der Waals surface area (Å²) in [5.41, 5.74) is 5.12. The molecule has 32 heavy (non-hydrogen) atoms. The number of carboxylic acid groups (broad SMARTS) is 1. The Morgan fingerprint density at radius 3 is 2.34 bits per heavy atom. The van der Waals surface area contributed by atoms with Gasteiger partial charge in [0.05, 0.1) is 18.0 Å². The molecule has 6 heteroatoms. The topological polar surface area (TPSA) is 64.4 Å². The largest absolute Gasteiger partial charge is 0.480 e. The van der Waals surface area contributed by atoms with E-state index < -0.39 is 5.97 Å². The second-order valence-electron chi connectivity index (χ2n) is 8.66. The van der Waals surface area contributed by atoms with Crippen molar-refractivity contribution in [3.8, 4) is 22.4 Å². The van der Waals surface area contributed by atoms with Crippen LogP contribution in [0.2, 0.25) is 0 Å². The van der Waals surface area contributed by atoms with Gasteiger partial charge in [0.15, 0.2) is 0 Å². The van der Waals surface area contributed by atoms with Crippen LogP contribution in [0.3, 0.4) is 0 Å². The van der Waals surface area contributed by atoms with Gasteiger partial charge in [-0.3, -0.25) is 4.68 Å². The van der Waals surface area contributed by atoms with Crippen molar-refractivity contribution in [1.82, 2.24) is 9.78 Å². The van der Waals surface area contributed by atoms with Crippen LogP contribution < -0.4 is 0 Å². The van der Waals surface area contributed by atoms with Crippen molar-refractivity contribution in [3.63, 3.8) is 0 Å². The van der Waals surface area contributed by atoms with Crippen LogP contribution in [0.15, 0.2) is 54.6 Å². The number of ether oxygens (including phenoxy) is 1. The van der Waals surface area contributed by atoms with Gasteiger partial charge in [0.1, 0.15) is 12.4 Å². The van der Waals surface area contributed by atoms with Gasteiger partial charge in [-0.15, -0.1) is 0 Å². The van der Waals surface area contributed by atoms with Crippen LogP contribution in [0.4, 0.5) is 4.39 Å². The molecule has 1 heterocycles. The van der Waals surface area contributed by atoms with Gasteiger partial charge < -0.3 is 9.84 Å². The fourth-order valence-corrected chi connectivity index (χ4v) is 4.70. The number of carbonyl (C=O) groups is 1. The summed E-state index contributed by atoms with van der Waals surface area (Å²) >= 11 is 0. The molecular formula is C26H29FN2O3. The summed E-state index contributed by atoms with van der Waals surface area (Å²) in [7, 11) is 0. The molecule has 0 aliphatic heterocycles. The molecule has 0 atom stereocenters. The average Bonchev–Trinajstić information content (AvgIpc) is 3.11. The van der Waals surface area contributed by atoms with Crippen molar-refractivity contribution in [3.05, 3.63) is 66.1 Å². The zero-order valence-corrected chi connectivity index (χ0v) is 18.3. The second-order valence-corrected chi connectivity index (χ2v) is 8.66. The van der Waals surface area contributed by atoms with E-state index in [-0.39, 0.29) is 12.4 Å². The number of halogens is 1. The molecule has 1 aliphatic rings. The Balaban J connectivity index is 1.54. The Hall–Kier alpha value is -2.99. The van der Waals surface area contributed by atoms with E-state index in [1.807, 2.05) is 37.3 Å². The van der Waals surface area contributed by atoms with Crippen molar-refractivity contribution in [2.45, 2.75) is 39.2 Å². The smallest absolute Gasteiger partial charge is 0.329 e. The molecule has 168 valence electrons. The summed E-state index contributed by atoms with van der Waals surface area (Å²) in [5.74, 6) is -0.232. The SMILES string of the molecule is Cc1nn(CC2CCC(COCC(=O)O)CC2)c(-c2ccccc2)c1-c1ccc(F)cc1. The number of carboxylic acids is 1. The molecule has 1 aliphatic carbocycles. The van der Waals surface area contributed by atoms with E-state index in [1.54, 1.807) is 0 Å². The lowest BCUT2D eigenvalue weighted by Crippen LogP contribution is -2.23. The minimum absolute atomic E-state index is 0.223. The van der Waals surface area contributed by atoms with Crippen LogP contribution in [0.5, 0.6) is 0 Å².